The third kappa shape index (κ3) is 4.33. The largest absolute Gasteiger partial charge is 0.334 e. The van der Waals surface area contributed by atoms with Gasteiger partial charge in [-0.1, -0.05) is 61.8 Å². The molecule has 1 unspecified atom stereocenters. The number of nitrogens with one attached hydrogen (secondary N) is 1. The zero-order valence-corrected chi connectivity index (χ0v) is 17.0. The SMILES string of the molecule is CC(C)Cc1ccc(-c2nc(-c3ccc(C(C)NC4CCC4)cc3)no2)cc1. The van der Waals surface area contributed by atoms with E-state index in [1.54, 1.807) is 0 Å². The molecule has 4 rings (SSSR count). The number of benzene rings is 2. The van der Waals surface area contributed by atoms with Gasteiger partial charge in [-0.25, -0.2) is 0 Å². The molecule has 1 heterocycles. The molecule has 0 radical (unpaired) electrons. The summed E-state index contributed by atoms with van der Waals surface area (Å²) in [4.78, 5) is 4.59. The van der Waals surface area contributed by atoms with Gasteiger partial charge < -0.3 is 9.84 Å². The lowest BCUT2D eigenvalue weighted by Gasteiger charge is -2.30. The van der Waals surface area contributed by atoms with E-state index >= 15 is 0 Å². The Morgan fingerprint density at radius 1 is 0.964 bits per heavy atom. The van der Waals surface area contributed by atoms with Crippen LogP contribution in [0.5, 0.6) is 0 Å². The monoisotopic (exact) mass is 375 g/mol. The molecule has 2 aromatic carbocycles. The lowest BCUT2D eigenvalue weighted by atomic mass is 9.91. The lowest BCUT2D eigenvalue weighted by molar-refractivity contribution is 0.313. The van der Waals surface area contributed by atoms with Gasteiger partial charge in [-0.2, -0.15) is 4.98 Å². The fourth-order valence-electron chi connectivity index (χ4n) is 3.66. The van der Waals surface area contributed by atoms with E-state index in [0.29, 0.717) is 29.7 Å². The summed E-state index contributed by atoms with van der Waals surface area (Å²) in [6.07, 6.45) is 5.03. The molecular weight excluding hydrogens is 346 g/mol. The van der Waals surface area contributed by atoms with Crippen molar-refractivity contribution in [3.05, 3.63) is 59.7 Å². The van der Waals surface area contributed by atoms with Gasteiger partial charge in [0, 0.05) is 23.2 Å². The maximum absolute atomic E-state index is 5.51. The lowest BCUT2D eigenvalue weighted by Crippen LogP contribution is -2.36. The van der Waals surface area contributed by atoms with Crippen molar-refractivity contribution in [1.82, 2.24) is 15.5 Å². The molecule has 1 aliphatic rings. The fourth-order valence-corrected chi connectivity index (χ4v) is 3.66. The number of hydrogen-bond acceptors (Lipinski definition) is 4. The minimum Gasteiger partial charge on any atom is -0.334 e. The van der Waals surface area contributed by atoms with Crippen LogP contribution in [0.2, 0.25) is 0 Å². The second-order valence-electron chi connectivity index (χ2n) is 8.36. The maximum atomic E-state index is 5.51. The molecule has 3 aromatic rings. The van der Waals surface area contributed by atoms with E-state index in [0.717, 1.165) is 17.5 Å². The molecule has 28 heavy (non-hydrogen) atoms. The molecule has 0 saturated heterocycles. The van der Waals surface area contributed by atoms with Crippen LogP contribution in [0.1, 0.15) is 57.2 Å². The maximum Gasteiger partial charge on any atom is 0.258 e. The van der Waals surface area contributed by atoms with Crippen LogP contribution in [-0.2, 0) is 6.42 Å². The molecule has 4 nitrogen and oxygen atoms in total. The van der Waals surface area contributed by atoms with Gasteiger partial charge in [-0.15, -0.1) is 0 Å². The third-order valence-electron chi connectivity index (χ3n) is 5.53. The van der Waals surface area contributed by atoms with Crippen molar-refractivity contribution in [2.45, 2.75) is 58.5 Å². The molecule has 0 spiro atoms. The van der Waals surface area contributed by atoms with Gasteiger partial charge in [-0.3, -0.25) is 0 Å². The Morgan fingerprint density at radius 3 is 2.25 bits per heavy atom. The van der Waals surface area contributed by atoms with Gasteiger partial charge in [-0.05, 0) is 55.4 Å². The van der Waals surface area contributed by atoms with Crippen molar-refractivity contribution in [3.63, 3.8) is 0 Å². The second-order valence-corrected chi connectivity index (χ2v) is 8.36. The Labute approximate surface area is 167 Å². The van der Waals surface area contributed by atoms with Crippen LogP contribution in [0.15, 0.2) is 53.1 Å². The number of nitrogens with zero attached hydrogens (tertiary/aromatic N) is 2. The highest BCUT2D eigenvalue weighted by Gasteiger charge is 2.19. The Hall–Kier alpha value is -2.46. The summed E-state index contributed by atoms with van der Waals surface area (Å²) in [5.41, 5.74) is 4.56. The molecule has 146 valence electrons. The Morgan fingerprint density at radius 2 is 1.64 bits per heavy atom. The van der Waals surface area contributed by atoms with Gasteiger partial charge in [0.25, 0.3) is 5.89 Å². The first kappa shape index (κ1) is 18.9. The van der Waals surface area contributed by atoms with Crippen LogP contribution in [0.4, 0.5) is 0 Å². The molecule has 1 atom stereocenters. The van der Waals surface area contributed by atoms with Crippen LogP contribution < -0.4 is 5.32 Å². The Kier molecular flexibility index (Phi) is 5.58. The molecule has 1 fully saturated rings. The van der Waals surface area contributed by atoms with Gasteiger partial charge >= 0.3 is 0 Å². The van der Waals surface area contributed by atoms with Crippen LogP contribution in [0, 0.1) is 5.92 Å². The van der Waals surface area contributed by atoms with Crippen molar-refractivity contribution in [2.75, 3.05) is 0 Å². The van der Waals surface area contributed by atoms with E-state index in [1.165, 1.54) is 30.4 Å². The van der Waals surface area contributed by atoms with Crippen molar-refractivity contribution < 1.29 is 4.52 Å². The molecule has 1 aliphatic carbocycles. The van der Waals surface area contributed by atoms with E-state index in [9.17, 15) is 0 Å². The highest BCUT2D eigenvalue weighted by atomic mass is 16.5. The fraction of sp³-hybridized carbons (Fsp3) is 0.417. The van der Waals surface area contributed by atoms with Crippen molar-refractivity contribution in [2.24, 2.45) is 5.92 Å². The molecule has 1 aromatic heterocycles. The summed E-state index contributed by atoms with van der Waals surface area (Å²) in [6.45, 7) is 6.68. The minimum absolute atomic E-state index is 0.365. The molecule has 0 bridgehead atoms. The van der Waals surface area contributed by atoms with Crippen molar-refractivity contribution in [3.8, 4) is 22.8 Å². The Bertz CT molecular complexity index is 892. The van der Waals surface area contributed by atoms with E-state index in [-0.39, 0.29) is 0 Å². The van der Waals surface area contributed by atoms with Crippen LogP contribution >= 0.6 is 0 Å². The van der Waals surface area contributed by atoms with Crippen molar-refractivity contribution in [1.29, 1.82) is 0 Å². The van der Waals surface area contributed by atoms with Crippen molar-refractivity contribution >= 4 is 0 Å². The van der Waals surface area contributed by atoms with Crippen LogP contribution in [0.3, 0.4) is 0 Å². The smallest absolute Gasteiger partial charge is 0.258 e. The highest BCUT2D eigenvalue weighted by Crippen LogP contribution is 2.26. The standard InChI is InChI=1S/C24H29N3O/c1-16(2)15-18-7-9-21(10-8-18)24-26-23(27-28-24)20-13-11-19(12-14-20)17(3)25-22-5-4-6-22/h7-14,16-17,22,25H,4-6,15H2,1-3H3. The molecule has 1 saturated carbocycles. The number of rotatable bonds is 7. The highest BCUT2D eigenvalue weighted by molar-refractivity contribution is 5.60. The normalized spacial score (nSPS) is 15.6. The van der Waals surface area contributed by atoms with Crippen LogP contribution in [0.25, 0.3) is 22.8 Å². The van der Waals surface area contributed by atoms with E-state index in [1.807, 2.05) is 0 Å². The van der Waals surface area contributed by atoms with Gasteiger partial charge in [0.05, 0.1) is 0 Å². The second kappa shape index (κ2) is 8.27. The van der Waals surface area contributed by atoms with E-state index in [2.05, 4.69) is 84.8 Å². The van der Waals surface area contributed by atoms with E-state index < -0.39 is 0 Å². The van der Waals surface area contributed by atoms with Gasteiger partial charge in [0.1, 0.15) is 0 Å². The molecule has 4 heteroatoms. The first-order valence-corrected chi connectivity index (χ1v) is 10.4. The minimum atomic E-state index is 0.365. The topological polar surface area (TPSA) is 51.0 Å². The average Bonchev–Trinajstić information content (AvgIpc) is 3.15. The van der Waals surface area contributed by atoms with E-state index in [4.69, 9.17) is 4.52 Å². The molecule has 1 N–H and O–H groups in total. The summed E-state index contributed by atoms with van der Waals surface area (Å²) < 4.78 is 5.51. The number of hydrogen-bond donors (Lipinski definition) is 1. The summed E-state index contributed by atoms with van der Waals surface area (Å²) >= 11 is 0. The average molecular weight is 376 g/mol. The quantitative estimate of drug-likeness (QED) is 0.566. The molecular formula is C24H29N3O. The summed E-state index contributed by atoms with van der Waals surface area (Å²) in [7, 11) is 0. The van der Waals surface area contributed by atoms with Gasteiger partial charge in [0.15, 0.2) is 0 Å². The first-order chi connectivity index (χ1) is 13.6. The summed E-state index contributed by atoms with van der Waals surface area (Å²) in [5, 5.41) is 7.86. The van der Waals surface area contributed by atoms with Crippen LogP contribution in [-0.4, -0.2) is 16.2 Å². The predicted octanol–water partition coefficient (Wildman–Crippen LogP) is 5.81. The Balaban J connectivity index is 1.44. The zero-order valence-electron chi connectivity index (χ0n) is 17.0. The zero-order chi connectivity index (χ0) is 19.5. The molecule has 0 amide bonds. The number of aromatic nitrogens is 2. The summed E-state index contributed by atoms with van der Waals surface area (Å²) in [6, 6.07) is 17.9. The summed E-state index contributed by atoms with van der Waals surface area (Å²) in [5.74, 6) is 1.85. The predicted molar refractivity (Wildman–Crippen MR) is 113 cm³/mol. The third-order valence-corrected chi connectivity index (χ3v) is 5.53. The molecule has 0 aliphatic heterocycles. The first-order valence-electron chi connectivity index (χ1n) is 10.4. The van der Waals surface area contributed by atoms with Gasteiger partial charge in [0.2, 0.25) is 5.82 Å².